The van der Waals surface area contributed by atoms with E-state index in [0.29, 0.717) is 5.15 Å². The van der Waals surface area contributed by atoms with E-state index in [4.69, 9.17) is 11.6 Å². The lowest BCUT2D eigenvalue weighted by Gasteiger charge is -2.01. The van der Waals surface area contributed by atoms with Crippen molar-refractivity contribution in [2.75, 3.05) is 5.32 Å². The summed E-state index contributed by atoms with van der Waals surface area (Å²) >= 11 is 8.97. The number of rotatable bonds is 6. The fourth-order valence-electron chi connectivity index (χ4n) is 1.75. The van der Waals surface area contributed by atoms with E-state index in [1.165, 1.54) is 5.56 Å². The Bertz CT molecular complexity index is 716. The number of anilines is 1. The van der Waals surface area contributed by atoms with Crippen molar-refractivity contribution in [2.45, 2.75) is 16.6 Å². The van der Waals surface area contributed by atoms with Crippen LogP contribution in [0.4, 0.5) is 5.13 Å². The summed E-state index contributed by atoms with van der Waals surface area (Å²) in [5.41, 5.74) is 2.34. The van der Waals surface area contributed by atoms with E-state index in [0.717, 1.165) is 27.3 Å². The van der Waals surface area contributed by atoms with Crippen molar-refractivity contribution in [1.82, 2.24) is 15.2 Å². The van der Waals surface area contributed by atoms with Gasteiger partial charge in [0.15, 0.2) is 4.34 Å². The maximum atomic E-state index is 5.77. The molecule has 0 aliphatic carbocycles. The first kappa shape index (κ1) is 15.3. The number of pyridine rings is 1. The van der Waals surface area contributed by atoms with Crippen molar-refractivity contribution in [3.05, 3.63) is 64.9 Å². The molecule has 0 saturated heterocycles. The zero-order chi connectivity index (χ0) is 15.2. The van der Waals surface area contributed by atoms with Crippen LogP contribution in [0.25, 0.3) is 0 Å². The number of nitrogens with one attached hydrogen (secondary N) is 1. The molecular formula is C15H13ClN4S2. The van der Waals surface area contributed by atoms with Gasteiger partial charge in [-0.25, -0.2) is 4.98 Å². The van der Waals surface area contributed by atoms with Gasteiger partial charge >= 0.3 is 0 Å². The van der Waals surface area contributed by atoms with E-state index in [-0.39, 0.29) is 0 Å². The maximum Gasteiger partial charge on any atom is 0.206 e. The van der Waals surface area contributed by atoms with Crippen molar-refractivity contribution in [3.63, 3.8) is 0 Å². The molecule has 2 aromatic heterocycles. The van der Waals surface area contributed by atoms with E-state index in [9.17, 15) is 0 Å². The van der Waals surface area contributed by atoms with E-state index in [1.54, 1.807) is 35.4 Å². The molecule has 0 unspecified atom stereocenters. The smallest absolute Gasteiger partial charge is 0.206 e. The van der Waals surface area contributed by atoms with Crippen molar-refractivity contribution >= 4 is 39.8 Å². The third kappa shape index (κ3) is 4.43. The standard InChI is InChI=1S/C15H13ClN4S2/c16-13-7-6-12(9-17-13)10-21-15-20-19-14(22-15)18-8-11-4-2-1-3-5-11/h1-7,9H,8,10H2,(H,18,19). The van der Waals surface area contributed by atoms with Crippen molar-refractivity contribution in [3.8, 4) is 0 Å². The number of hydrogen-bond acceptors (Lipinski definition) is 6. The number of nitrogens with zero attached hydrogens (tertiary/aromatic N) is 3. The molecule has 0 saturated carbocycles. The van der Waals surface area contributed by atoms with Crippen molar-refractivity contribution < 1.29 is 0 Å². The van der Waals surface area contributed by atoms with Gasteiger partial charge in [-0.15, -0.1) is 10.2 Å². The molecule has 7 heteroatoms. The van der Waals surface area contributed by atoms with Gasteiger partial charge in [-0.2, -0.15) is 0 Å². The molecule has 112 valence electrons. The predicted molar refractivity (Wildman–Crippen MR) is 92.5 cm³/mol. The van der Waals surface area contributed by atoms with Crippen LogP contribution in [0.3, 0.4) is 0 Å². The number of benzene rings is 1. The number of aromatic nitrogens is 3. The molecule has 0 spiro atoms. The lowest BCUT2D eigenvalue weighted by atomic mass is 10.2. The third-order valence-electron chi connectivity index (χ3n) is 2.84. The summed E-state index contributed by atoms with van der Waals surface area (Å²) in [6.07, 6.45) is 1.78. The maximum absolute atomic E-state index is 5.77. The lowest BCUT2D eigenvalue weighted by molar-refractivity contribution is 0.995. The van der Waals surface area contributed by atoms with Gasteiger partial charge in [-0.3, -0.25) is 0 Å². The molecule has 0 bridgehead atoms. The first-order valence-electron chi connectivity index (χ1n) is 6.64. The lowest BCUT2D eigenvalue weighted by Crippen LogP contribution is -1.98. The Morgan fingerprint density at radius 2 is 1.91 bits per heavy atom. The average Bonchev–Trinajstić information content (AvgIpc) is 3.01. The molecule has 0 atom stereocenters. The largest absolute Gasteiger partial charge is 0.356 e. The molecule has 0 aliphatic rings. The first-order chi connectivity index (χ1) is 10.8. The van der Waals surface area contributed by atoms with Crippen LogP contribution in [-0.2, 0) is 12.3 Å². The Kier molecular flexibility index (Phi) is 5.26. The van der Waals surface area contributed by atoms with Crippen LogP contribution < -0.4 is 5.32 Å². The zero-order valence-corrected chi connectivity index (χ0v) is 14.0. The van der Waals surface area contributed by atoms with Gasteiger partial charge in [-0.05, 0) is 17.2 Å². The Morgan fingerprint density at radius 1 is 1.05 bits per heavy atom. The van der Waals surface area contributed by atoms with Crippen LogP contribution in [0.2, 0.25) is 5.15 Å². The summed E-state index contributed by atoms with van der Waals surface area (Å²) in [7, 11) is 0. The first-order valence-corrected chi connectivity index (χ1v) is 8.82. The number of hydrogen-bond donors (Lipinski definition) is 1. The molecule has 1 N–H and O–H groups in total. The van der Waals surface area contributed by atoms with Crippen molar-refractivity contribution in [1.29, 1.82) is 0 Å². The highest BCUT2D eigenvalue weighted by Gasteiger charge is 2.05. The van der Waals surface area contributed by atoms with Gasteiger partial charge in [0, 0.05) is 18.5 Å². The summed E-state index contributed by atoms with van der Waals surface area (Å²) < 4.78 is 0.936. The SMILES string of the molecule is Clc1ccc(CSc2nnc(NCc3ccccc3)s2)cn1. The van der Waals surface area contributed by atoms with Crippen LogP contribution in [0.15, 0.2) is 53.0 Å². The second-order valence-electron chi connectivity index (χ2n) is 4.49. The van der Waals surface area contributed by atoms with Crippen molar-refractivity contribution in [2.24, 2.45) is 0 Å². The van der Waals surface area contributed by atoms with Gasteiger partial charge in [0.05, 0.1) is 0 Å². The minimum atomic E-state index is 0.511. The highest BCUT2D eigenvalue weighted by atomic mass is 35.5. The monoisotopic (exact) mass is 348 g/mol. The molecule has 0 radical (unpaired) electrons. The number of halogens is 1. The van der Waals surface area contributed by atoms with Gasteiger partial charge in [0.1, 0.15) is 5.15 Å². The average molecular weight is 349 g/mol. The molecule has 3 aromatic rings. The molecule has 0 fully saturated rings. The molecular weight excluding hydrogens is 336 g/mol. The Balaban J connectivity index is 1.51. The molecule has 3 rings (SSSR count). The second kappa shape index (κ2) is 7.58. The van der Waals surface area contributed by atoms with Gasteiger partial charge in [0.2, 0.25) is 5.13 Å². The van der Waals surface area contributed by atoms with Crippen LogP contribution >= 0.6 is 34.7 Å². The van der Waals surface area contributed by atoms with E-state index >= 15 is 0 Å². The molecule has 2 heterocycles. The van der Waals surface area contributed by atoms with Gasteiger partial charge < -0.3 is 5.32 Å². The topological polar surface area (TPSA) is 50.7 Å². The minimum Gasteiger partial charge on any atom is -0.356 e. The van der Waals surface area contributed by atoms with Crippen LogP contribution in [-0.4, -0.2) is 15.2 Å². The van der Waals surface area contributed by atoms with E-state index < -0.39 is 0 Å². The van der Waals surface area contributed by atoms with Crippen LogP contribution in [0.5, 0.6) is 0 Å². The highest BCUT2D eigenvalue weighted by Crippen LogP contribution is 2.28. The fourth-order valence-corrected chi connectivity index (χ4v) is 3.54. The van der Waals surface area contributed by atoms with Crippen LogP contribution in [0.1, 0.15) is 11.1 Å². The quantitative estimate of drug-likeness (QED) is 0.525. The summed E-state index contributed by atoms with van der Waals surface area (Å²) in [4.78, 5) is 4.07. The number of thioether (sulfide) groups is 1. The highest BCUT2D eigenvalue weighted by molar-refractivity contribution is 8.00. The second-order valence-corrected chi connectivity index (χ2v) is 7.08. The molecule has 4 nitrogen and oxygen atoms in total. The van der Waals surface area contributed by atoms with Gasteiger partial charge in [0.25, 0.3) is 0 Å². The third-order valence-corrected chi connectivity index (χ3v) is 5.15. The van der Waals surface area contributed by atoms with E-state index in [1.807, 2.05) is 24.3 Å². The molecule has 1 aromatic carbocycles. The fraction of sp³-hybridized carbons (Fsp3) is 0.133. The summed E-state index contributed by atoms with van der Waals surface area (Å²) in [5, 5.41) is 13.0. The Hall–Kier alpha value is -1.63. The van der Waals surface area contributed by atoms with E-state index in [2.05, 4.69) is 32.6 Å². The minimum absolute atomic E-state index is 0.511. The molecule has 0 amide bonds. The summed E-state index contributed by atoms with van der Waals surface area (Å²) in [6.45, 7) is 0.751. The summed E-state index contributed by atoms with van der Waals surface area (Å²) in [6, 6.07) is 14.0. The van der Waals surface area contributed by atoms with Gasteiger partial charge in [-0.1, -0.05) is 71.1 Å². The normalized spacial score (nSPS) is 10.6. The summed E-state index contributed by atoms with van der Waals surface area (Å²) in [5.74, 6) is 0.803. The Labute approximate surface area is 142 Å². The predicted octanol–water partition coefficient (Wildman–Crippen LogP) is 4.49. The zero-order valence-electron chi connectivity index (χ0n) is 11.6. The van der Waals surface area contributed by atoms with Crippen LogP contribution in [0, 0.1) is 0 Å². The Morgan fingerprint density at radius 3 is 2.68 bits per heavy atom. The molecule has 22 heavy (non-hydrogen) atoms. The molecule has 0 aliphatic heterocycles.